The fraction of sp³-hybridized carbons (Fsp3) is 0.276. The molecule has 0 unspecified atom stereocenters. The van der Waals surface area contributed by atoms with Crippen molar-refractivity contribution in [1.29, 1.82) is 0 Å². The number of aromatic nitrogens is 2. The number of fused-ring (bicyclic) bond motifs is 1. The quantitative estimate of drug-likeness (QED) is 0.198. The summed E-state index contributed by atoms with van der Waals surface area (Å²) in [5.74, 6) is 0.840. The first-order valence-electron chi connectivity index (χ1n) is 13.0. The van der Waals surface area contributed by atoms with E-state index in [9.17, 15) is 4.39 Å². The smallest absolute Gasteiger partial charge is 0.170 e. The Morgan fingerprint density at radius 1 is 1.00 bits per heavy atom. The van der Waals surface area contributed by atoms with Crippen LogP contribution in [0.5, 0.6) is 5.75 Å². The van der Waals surface area contributed by atoms with E-state index in [1.165, 1.54) is 37.7 Å². The Labute approximate surface area is 237 Å². The molecule has 5 rings (SSSR count). The number of hydrogen-bond donors (Lipinski definition) is 3. The minimum absolute atomic E-state index is 0.214. The molecular weight excluding hydrogens is 535 g/mol. The van der Waals surface area contributed by atoms with Crippen LogP contribution in [0.25, 0.3) is 10.9 Å². The number of rotatable bonds is 9. The third-order valence-electron chi connectivity index (χ3n) is 6.53. The molecule has 1 saturated heterocycles. The molecule has 0 bridgehead atoms. The number of anilines is 3. The molecule has 2 heterocycles. The van der Waals surface area contributed by atoms with Gasteiger partial charge in [0.05, 0.1) is 10.5 Å². The first-order valence-corrected chi connectivity index (χ1v) is 13.8. The minimum atomic E-state index is -0.303. The molecule has 1 aromatic heterocycles. The zero-order chi connectivity index (χ0) is 27.0. The van der Waals surface area contributed by atoms with Gasteiger partial charge in [-0.1, -0.05) is 30.2 Å². The van der Waals surface area contributed by atoms with Gasteiger partial charge in [-0.05, 0) is 92.2 Å². The summed E-state index contributed by atoms with van der Waals surface area (Å²) in [7, 11) is 0. The predicted octanol–water partition coefficient (Wildman–Crippen LogP) is 6.52. The van der Waals surface area contributed by atoms with Gasteiger partial charge in [0.2, 0.25) is 0 Å². The van der Waals surface area contributed by atoms with Crippen LogP contribution >= 0.6 is 23.8 Å². The third-order valence-corrected chi connectivity index (χ3v) is 7.08. The third kappa shape index (κ3) is 7.53. The van der Waals surface area contributed by atoms with Crippen molar-refractivity contribution < 1.29 is 9.13 Å². The Balaban J connectivity index is 1.22. The summed E-state index contributed by atoms with van der Waals surface area (Å²) in [6, 6.07) is 17.5. The van der Waals surface area contributed by atoms with Crippen molar-refractivity contribution in [2.45, 2.75) is 25.9 Å². The van der Waals surface area contributed by atoms with Crippen molar-refractivity contribution in [3.05, 3.63) is 83.4 Å². The molecule has 3 N–H and O–H groups in total. The highest BCUT2D eigenvalue weighted by Crippen LogP contribution is 2.31. The van der Waals surface area contributed by atoms with Gasteiger partial charge in [-0.15, -0.1) is 0 Å². The summed E-state index contributed by atoms with van der Waals surface area (Å²) in [5, 5.41) is 11.7. The molecule has 39 heavy (non-hydrogen) atoms. The van der Waals surface area contributed by atoms with Gasteiger partial charge in [0.15, 0.2) is 5.11 Å². The van der Waals surface area contributed by atoms with Crippen LogP contribution in [0.15, 0.2) is 67.0 Å². The fourth-order valence-electron chi connectivity index (χ4n) is 4.54. The van der Waals surface area contributed by atoms with E-state index in [1.807, 2.05) is 24.3 Å². The molecule has 7 nitrogen and oxygen atoms in total. The van der Waals surface area contributed by atoms with Crippen LogP contribution in [0.2, 0.25) is 5.02 Å². The van der Waals surface area contributed by atoms with E-state index in [1.54, 1.807) is 24.3 Å². The van der Waals surface area contributed by atoms with Crippen molar-refractivity contribution >= 4 is 57.0 Å². The summed E-state index contributed by atoms with van der Waals surface area (Å²) in [6.45, 7) is 4.33. The van der Waals surface area contributed by atoms with E-state index in [-0.39, 0.29) is 12.4 Å². The summed E-state index contributed by atoms with van der Waals surface area (Å²) in [5.41, 5.74) is 3.10. The number of nitrogens with zero attached hydrogens (tertiary/aromatic N) is 3. The predicted molar refractivity (Wildman–Crippen MR) is 160 cm³/mol. The van der Waals surface area contributed by atoms with Gasteiger partial charge < -0.3 is 25.6 Å². The van der Waals surface area contributed by atoms with Crippen LogP contribution in [-0.2, 0) is 6.61 Å². The second-order valence-corrected chi connectivity index (χ2v) is 10.2. The second kappa shape index (κ2) is 13.0. The standard InChI is InChI=1S/C29H30ClFN6OS/c30-25-17-23(8-10-27(25)38-18-20-5-4-6-21(31)15-20)35-28-24-16-22(7-9-26(24)33-19-34-28)36-29(39)32-11-14-37-12-2-1-3-13-37/h4-10,15-17,19H,1-3,11-14,18H2,(H2,32,36,39)(H,33,34,35). The lowest BCUT2D eigenvalue weighted by Crippen LogP contribution is -2.39. The van der Waals surface area contributed by atoms with E-state index in [4.69, 9.17) is 28.6 Å². The van der Waals surface area contributed by atoms with Gasteiger partial charge in [0.25, 0.3) is 0 Å². The van der Waals surface area contributed by atoms with Gasteiger partial charge >= 0.3 is 0 Å². The molecular formula is C29H30ClFN6OS. The zero-order valence-electron chi connectivity index (χ0n) is 21.4. The van der Waals surface area contributed by atoms with Crippen LogP contribution in [0.4, 0.5) is 21.6 Å². The molecule has 1 aliphatic heterocycles. The number of nitrogens with one attached hydrogen (secondary N) is 3. The number of piperidine rings is 1. The summed E-state index contributed by atoms with van der Waals surface area (Å²) in [6.07, 6.45) is 5.40. The summed E-state index contributed by atoms with van der Waals surface area (Å²) < 4.78 is 19.2. The Morgan fingerprint density at radius 3 is 2.67 bits per heavy atom. The molecule has 0 spiro atoms. The molecule has 202 valence electrons. The summed E-state index contributed by atoms with van der Waals surface area (Å²) >= 11 is 12.0. The average Bonchev–Trinajstić information content (AvgIpc) is 2.93. The zero-order valence-corrected chi connectivity index (χ0v) is 23.0. The van der Waals surface area contributed by atoms with Crippen molar-refractivity contribution in [2.24, 2.45) is 0 Å². The Bertz CT molecular complexity index is 1450. The lowest BCUT2D eigenvalue weighted by atomic mass is 10.1. The Hall–Kier alpha value is -3.53. The lowest BCUT2D eigenvalue weighted by molar-refractivity contribution is 0.232. The molecule has 3 aromatic carbocycles. The maximum absolute atomic E-state index is 13.4. The summed E-state index contributed by atoms with van der Waals surface area (Å²) in [4.78, 5) is 11.3. The van der Waals surface area contributed by atoms with Crippen LogP contribution in [0.1, 0.15) is 24.8 Å². The van der Waals surface area contributed by atoms with E-state index >= 15 is 0 Å². The normalized spacial score (nSPS) is 13.7. The van der Waals surface area contributed by atoms with E-state index in [2.05, 4.69) is 30.8 Å². The van der Waals surface area contributed by atoms with Crippen molar-refractivity contribution in [3.8, 4) is 5.75 Å². The van der Waals surface area contributed by atoms with Crippen LogP contribution in [0.3, 0.4) is 0 Å². The highest BCUT2D eigenvalue weighted by molar-refractivity contribution is 7.80. The molecule has 1 fully saturated rings. The van der Waals surface area contributed by atoms with Gasteiger partial charge in [-0.3, -0.25) is 0 Å². The van der Waals surface area contributed by atoms with Crippen molar-refractivity contribution in [3.63, 3.8) is 0 Å². The number of halogens is 2. The van der Waals surface area contributed by atoms with Crippen LogP contribution in [0, 0.1) is 5.82 Å². The van der Waals surface area contributed by atoms with Crippen molar-refractivity contribution in [1.82, 2.24) is 20.2 Å². The molecule has 10 heteroatoms. The number of thiocarbonyl (C=S) groups is 1. The van der Waals surface area contributed by atoms with Crippen LogP contribution < -0.4 is 20.7 Å². The van der Waals surface area contributed by atoms with Crippen LogP contribution in [-0.4, -0.2) is 46.2 Å². The number of ether oxygens (including phenoxy) is 1. The SMILES string of the molecule is Fc1cccc(COc2ccc(Nc3ncnc4ccc(NC(=S)NCCN5CCCCC5)cc34)cc2Cl)c1. The molecule has 0 radical (unpaired) electrons. The fourth-order valence-corrected chi connectivity index (χ4v) is 5.00. The van der Waals surface area contributed by atoms with Gasteiger partial charge in [0, 0.05) is 29.9 Å². The average molecular weight is 565 g/mol. The van der Waals surface area contributed by atoms with Gasteiger partial charge in [-0.2, -0.15) is 0 Å². The maximum Gasteiger partial charge on any atom is 0.170 e. The second-order valence-electron chi connectivity index (χ2n) is 9.43. The van der Waals surface area contributed by atoms with E-state index < -0.39 is 0 Å². The number of benzene rings is 3. The number of hydrogen-bond acceptors (Lipinski definition) is 6. The molecule has 1 aliphatic rings. The van der Waals surface area contributed by atoms with Gasteiger partial charge in [0.1, 0.15) is 30.3 Å². The maximum atomic E-state index is 13.4. The van der Waals surface area contributed by atoms with E-state index in [0.29, 0.717) is 21.7 Å². The van der Waals surface area contributed by atoms with Crippen molar-refractivity contribution in [2.75, 3.05) is 36.8 Å². The minimum Gasteiger partial charge on any atom is -0.487 e. The topological polar surface area (TPSA) is 74.3 Å². The lowest BCUT2D eigenvalue weighted by Gasteiger charge is -2.26. The Kier molecular flexibility index (Phi) is 9.03. The highest BCUT2D eigenvalue weighted by atomic mass is 35.5. The van der Waals surface area contributed by atoms with E-state index in [0.717, 1.165) is 54.0 Å². The Morgan fingerprint density at radius 2 is 1.85 bits per heavy atom. The van der Waals surface area contributed by atoms with Gasteiger partial charge in [-0.25, -0.2) is 14.4 Å². The number of likely N-dealkylation sites (tertiary alicyclic amines) is 1. The monoisotopic (exact) mass is 564 g/mol. The highest BCUT2D eigenvalue weighted by Gasteiger charge is 2.11. The molecule has 0 saturated carbocycles. The molecule has 0 amide bonds. The first kappa shape index (κ1) is 27.1. The molecule has 4 aromatic rings. The largest absolute Gasteiger partial charge is 0.487 e. The first-order chi connectivity index (χ1) is 19.0. The molecule has 0 aliphatic carbocycles. The molecule has 0 atom stereocenters.